The number of pyridine rings is 1. The Morgan fingerprint density at radius 1 is 1.13 bits per heavy atom. The van der Waals surface area contributed by atoms with Gasteiger partial charge in [0.15, 0.2) is 0 Å². The quantitative estimate of drug-likeness (QED) is 0.736. The molecular weight excluding hydrogens is 286 g/mol. The van der Waals surface area contributed by atoms with Crippen LogP contribution in [0.4, 0.5) is 0 Å². The zero-order valence-electron chi connectivity index (χ0n) is 14.4. The summed E-state index contributed by atoms with van der Waals surface area (Å²) in [5.74, 6) is 0.930. The van der Waals surface area contributed by atoms with Crippen LogP contribution in [0.1, 0.15) is 16.8 Å². The van der Waals surface area contributed by atoms with Crippen LogP contribution >= 0.6 is 0 Å². The molecule has 0 fully saturated rings. The van der Waals surface area contributed by atoms with Gasteiger partial charge in [0.2, 0.25) is 0 Å². The highest BCUT2D eigenvalue weighted by molar-refractivity contribution is 5.70. The third-order valence-corrected chi connectivity index (χ3v) is 4.00. The molecule has 0 radical (unpaired) electrons. The molecule has 0 spiro atoms. The first-order valence-electron chi connectivity index (χ1n) is 7.76. The lowest BCUT2D eigenvalue weighted by Crippen LogP contribution is -2.11. The number of aromatic nitrogens is 2. The van der Waals surface area contributed by atoms with Gasteiger partial charge in [-0.1, -0.05) is 6.07 Å². The summed E-state index contributed by atoms with van der Waals surface area (Å²) in [5.41, 5.74) is 6.86. The summed E-state index contributed by atoms with van der Waals surface area (Å²) in [4.78, 5) is 6.68. The second kappa shape index (κ2) is 6.05. The van der Waals surface area contributed by atoms with E-state index < -0.39 is 0 Å². The highest BCUT2D eigenvalue weighted by Crippen LogP contribution is 2.30. The fourth-order valence-electron chi connectivity index (χ4n) is 2.97. The molecule has 3 aromatic rings. The molecule has 0 N–H and O–H groups in total. The van der Waals surface area contributed by atoms with Crippen LogP contribution in [0.5, 0.6) is 5.75 Å². The number of rotatable bonds is 4. The summed E-state index contributed by atoms with van der Waals surface area (Å²) < 4.78 is 7.59. The molecule has 120 valence electrons. The standard InChI is InChI=1S/C19H23N3O/c1-13-8-19-20-14(2)10-22(19)12-17(13)15-6-7-18(23-5)16(9-15)11-21(3)4/h6-10,12H,11H2,1-5H3. The Bertz CT molecular complexity index is 849. The molecular formula is C19H23N3O. The van der Waals surface area contributed by atoms with Gasteiger partial charge in [0.25, 0.3) is 0 Å². The molecule has 0 aliphatic rings. The van der Waals surface area contributed by atoms with Crippen molar-refractivity contribution in [1.82, 2.24) is 14.3 Å². The molecule has 1 aromatic carbocycles. The van der Waals surface area contributed by atoms with Gasteiger partial charge >= 0.3 is 0 Å². The van der Waals surface area contributed by atoms with Gasteiger partial charge in [0.1, 0.15) is 11.4 Å². The number of hydrogen-bond acceptors (Lipinski definition) is 3. The van der Waals surface area contributed by atoms with Gasteiger partial charge in [0.05, 0.1) is 12.8 Å². The van der Waals surface area contributed by atoms with E-state index in [1.165, 1.54) is 22.3 Å². The Labute approximate surface area is 137 Å². The molecule has 23 heavy (non-hydrogen) atoms. The van der Waals surface area contributed by atoms with E-state index in [0.29, 0.717) is 0 Å². The molecule has 0 saturated heterocycles. The number of imidazole rings is 1. The van der Waals surface area contributed by atoms with Crippen LogP contribution < -0.4 is 4.74 Å². The van der Waals surface area contributed by atoms with Crippen molar-refractivity contribution in [3.8, 4) is 16.9 Å². The Balaban J connectivity index is 2.12. The zero-order chi connectivity index (χ0) is 16.6. The first-order valence-corrected chi connectivity index (χ1v) is 7.76. The molecule has 4 heteroatoms. The van der Waals surface area contributed by atoms with E-state index in [9.17, 15) is 0 Å². The number of aryl methyl sites for hydroxylation is 2. The number of benzene rings is 1. The zero-order valence-corrected chi connectivity index (χ0v) is 14.4. The van der Waals surface area contributed by atoms with E-state index >= 15 is 0 Å². The fraction of sp³-hybridized carbons (Fsp3) is 0.316. The maximum Gasteiger partial charge on any atom is 0.137 e. The topological polar surface area (TPSA) is 29.8 Å². The average molecular weight is 309 g/mol. The Morgan fingerprint density at radius 2 is 1.91 bits per heavy atom. The summed E-state index contributed by atoms with van der Waals surface area (Å²) in [6, 6.07) is 8.53. The lowest BCUT2D eigenvalue weighted by atomic mass is 10.00. The van der Waals surface area contributed by atoms with Crippen LogP contribution in [-0.4, -0.2) is 35.5 Å². The number of methoxy groups -OCH3 is 1. The van der Waals surface area contributed by atoms with Crippen molar-refractivity contribution in [2.24, 2.45) is 0 Å². The molecule has 0 bridgehead atoms. The van der Waals surface area contributed by atoms with E-state index in [4.69, 9.17) is 4.74 Å². The Kier molecular flexibility index (Phi) is 4.09. The lowest BCUT2D eigenvalue weighted by Gasteiger charge is -2.16. The van der Waals surface area contributed by atoms with Crippen molar-refractivity contribution in [2.45, 2.75) is 20.4 Å². The summed E-state index contributed by atoms with van der Waals surface area (Å²) in [7, 11) is 5.86. The van der Waals surface area contributed by atoms with Crippen LogP contribution in [0.2, 0.25) is 0 Å². The maximum absolute atomic E-state index is 5.50. The van der Waals surface area contributed by atoms with Crippen LogP contribution in [-0.2, 0) is 6.54 Å². The Hall–Kier alpha value is -2.33. The van der Waals surface area contributed by atoms with E-state index in [0.717, 1.165) is 23.6 Å². The van der Waals surface area contributed by atoms with Crippen molar-refractivity contribution >= 4 is 5.65 Å². The third-order valence-electron chi connectivity index (χ3n) is 4.00. The van der Waals surface area contributed by atoms with Crippen molar-refractivity contribution < 1.29 is 4.74 Å². The second-order valence-corrected chi connectivity index (χ2v) is 6.28. The summed E-state index contributed by atoms with van der Waals surface area (Å²) >= 11 is 0. The van der Waals surface area contributed by atoms with Gasteiger partial charge in [-0.2, -0.15) is 0 Å². The maximum atomic E-state index is 5.50. The van der Waals surface area contributed by atoms with E-state index in [1.54, 1.807) is 7.11 Å². The van der Waals surface area contributed by atoms with Crippen LogP contribution in [0.15, 0.2) is 36.7 Å². The molecule has 2 heterocycles. The summed E-state index contributed by atoms with van der Waals surface area (Å²) in [5, 5.41) is 0. The van der Waals surface area contributed by atoms with E-state index in [1.807, 2.05) is 6.92 Å². The molecule has 0 unspecified atom stereocenters. The van der Waals surface area contributed by atoms with Gasteiger partial charge in [-0.15, -0.1) is 0 Å². The van der Waals surface area contributed by atoms with Crippen molar-refractivity contribution in [3.63, 3.8) is 0 Å². The highest BCUT2D eigenvalue weighted by atomic mass is 16.5. The van der Waals surface area contributed by atoms with Gasteiger partial charge in [0, 0.05) is 30.1 Å². The predicted octanol–water partition coefficient (Wildman–Crippen LogP) is 3.69. The molecule has 2 aromatic heterocycles. The first kappa shape index (κ1) is 15.6. The fourth-order valence-corrected chi connectivity index (χ4v) is 2.97. The largest absolute Gasteiger partial charge is 0.496 e. The molecule has 0 saturated carbocycles. The monoisotopic (exact) mass is 309 g/mol. The van der Waals surface area contributed by atoms with Crippen molar-refractivity contribution in [1.29, 1.82) is 0 Å². The van der Waals surface area contributed by atoms with Gasteiger partial charge in [-0.3, -0.25) is 0 Å². The highest BCUT2D eigenvalue weighted by Gasteiger charge is 2.10. The van der Waals surface area contributed by atoms with Gasteiger partial charge in [-0.05, 0) is 57.3 Å². The molecule has 0 atom stereocenters. The van der Waals surface area contributed by atoms with Gasteiger partial charge in [-0.25, -0.2) is 4.98 Å². The van der Waals surface area contributed by atoms with Crippen molar-refractivity contribution in [3.05, 3.63) is 53.5 Å². The molecule has 0 amide bonds. The molecule has 0 aliphatic heterocycles. The number of hydrogen-bond donors (Lipinski definition) is 0. The molecule has 0 aliphatic carbocycles. The Morgan fingerprint density at radius 3 is 2.61 bits per heavy atom. The summed E-state index contributed by atoms with van der Waals surface area (Å²) in [6.07, 6.45) is 4.22. The minimum absolute atomic E-state index is 0.850. The van der Waals surface area contributed by atoms with E-state index in [2.05, 4.69) is 72.0 Å². The van der Waals surface area contributed by atoms with Crippen LogP contribution in [0.25, 0.3) is 16.8 Å². The molecule has 4 nitrogen and oxygen atoms in total. The number of ether oxygens (including phenoxy) is 1. The van der Waals surface area contributed by atoms with Crippen LogP contribution in [0, 0.1) is 13.8 Å². The van der Waals surface area contributed by atoms with Gasteiger partial charge < -0.3 is 14.0 Å². The normalized spacial score (nSPS) is 11.4. The minimum atomic E-state index is 0.850. The average Bonchev–Trinajstić information content (AvgIpc) is 2.84. The SMILES string of the molecule is COc1ccc(-c2cn3cc(C)nc3cc2C)cc1CN(C)C. The minimum Gasteiger partial charge on any atom is -0.496 e. The predicted molar refractivity (Wildman–Crippen MR) is 94.0 cm³/mol. The number of nitrogens with zero attached hydrogens (tertiary/aromatic N) is 3. The third kappa shape index (κ3) is 3.08. The lowest BCUT2D eigenvalue weighted by molar-refractivity contribution is 0.372. The first-order chi connectivity index (χ1) is 11.0. The summed E-state index contributed by atoms with van der Waals surface area (Å²) in [6.45, 7) is 5.00. The molecule has 3 rings (SSSR count). The van der Waals surface area contributed by atoms with Crippen molar-refractivity contribution in [2.75, 3.05) is 21.2 Å². The number of fused-ring (bicyclic) bond motifs is 1. The second-order valence-electron chi connectivity index (χ2n) is 6.28. The van der Waals surface area contributed by atoms with E-state index in [-0.39, 0.29) is 0 Å². The smallest absolute Gasteiger partial charge is 0.137 e. The van der Waals surface area contributed by atoms with Crippen LogP contribution in [0.3, 0.4) is 0 Å².